The molecule has 1 aromatic heterocycles. The topological polar surface area (TPSA) is 53.4 Å². The number of nitrogens with zero attached hydrogens (tertiary/aromatic N) is 4. The summed E-state index contributed by atoms with van der Waals surface area (Å²) in [6, 6.07) is 22.3. The van der Waals surface area contributed by atoms with Crippen LogP contribution in [0, 0.1) is 6.92 Å². The van der Waals surface area contributed by atoms with Crippen molar-refractivity contribution in [3.63, 3.8) is 0 Å². The average Bonchev–Trinajstić information content (AvgIpc) is 3.47. The first-order valence-electron chi connectivity index (χ1n) is 16.4. The molecule has 2 aromatic carbocycles. The van der Waals surface area contributed by atoms with Gasteiger partial charge in [0, 0.05) is 37.3 Å². The number of rotatable bonds is 6. The van der Waals surface area contributed by atoms with Crippen LogP contribution >= 0.6 is 0 Å². The second-order valence-electron chi connectivity index (χ2n) is 13.4. The van der Waals surface area contributed by atoms with E-state index in [0.29, 0.717) is 24.2 Å². The van der Waals surface area contributed by atoms with Crippen molar-refractivity contribution in [1.29, 1.82) is 0 Å². The number of para-hydroxylation sites is 2. The fourth-order valence-corrected chi connectivity index (χ4v) is 8.92. The first-order valence-corrected chi connectivity index (χ1v) is 16.4. The third-order valence-corrected chi connectivity index (χ3v) is 11.2. The fraction of sp³-hybridized carbons (Fsp3) is 0.600. The molecule has 0 spiro atoms. The normalized spacial score (nSPS) is 26.9. The predicted octanol–water partition coefficient (Wildman–Crippen LogP) is 6.98. The highest BCUT2D eigenvalue weighted by Gasteiger charge is 2.44. The van der Waals surface area contributed by atoms with Crippen molar-refractivity contribution in [2.24, 2.45) is 0 Å². The summed E-state index contributed by atoms with van der Waals surface area (Å²) in [5.74, 6) is 1.16. The third-order valence-electron chi connectivity index (χ3n) is 11.2. The third kappa shape index (κ3) is 5.29. The molecule has 6 heteroatoms. The Morgan fingerprint density at radius 3 is 2.29 bits per heavy atom. The summed E-state index contributed by atoms with van der Waals surface area (Å²) >= 11 is 0. The van der Waals surface area contributed by atoms with Gasteiger partial charge in [0.2, 0.25) is 0 Å². The number of amides is 2. The van der Waals surface area contributed by atoms with Gasteiger partial charge in [0.25, 0.3) is 0 Å². The van der Waals surface area contributed by atoms with Crippen molar-refractivity contribution >= 4 is 17.1 Å². The summed E-state index contributed by atoms with van der Waals surface area (Å²) in [6.07, 6.45) is 14.5. The number of hydrogen-bond donors (Lipinski definition) is 1. The zero-order chi connectivity index (χ0) is 27.8. The van der Waals surface area contributed by atoms with Crippen molar-refractivity contribution in [3.8, 4) is 0 Å². The molecular weight excluding hydrogens is 506 g/mol. The predicted molar refractivity (Wildman–Crippen MR) is 165 cm³/mol. The van der Waals surface area contributed by atoms with Gasteiger partial charge in [-0.3, -0.25) is 4.90 Å². The molecule has 0 radical (unpaired) electrons. The second kappa shape index (κ2) is 11.4. The van der Waals surface area contributed by atoms with Crippen LogP contribution < -0.4 is 5.32 Å². The van der Waals surface area contributed by atoms with E-state index in [1.807, 2.05) is 0 Å². The second-order valence-corrected chi connectivity index (χ2v) is 13.4. The van der Waals surface area contributed by atoms with E-state index in [4.69, 9.17) is 4.98 Å². The van der Waals surface area contributed by atoms with Crippen LogP contribution in [0.25, 0.3) is 11.0 Å². The van der Waals surface area contributed by atoms with Gasteiger partial charge in [-0.15, -0.1) is 0 Å². The van der Waals surface area contributed by atoms with E-state index in [1.54, 1.807) is 0 Å². The number of fused-ring (bicyclic) bond motifs is 3. The molecule has 4 heterocycles. The number of likely N-dealkylation sites (tertiary alicyclic amines) is 1. The minimum absolute atomic E-state index is 0.149. The van der Waals surface area contributed by atoms with Crippen LogP contribution in [0.5, 0.6) is 0 Å². The first kappa shape index (κ1) is 27.0. The Morgan fingerprint density at radius 1 is 0.878 bits per heavy atom. The molecule has 218 valence electrons. The van der Waals surface area contributed by atoms with Gasteiger partial charge in [-0.1, -0.05) is 61.7 Å². The van der Waals surface area contributed by atoms with Crippen molar-refractivity contribution in [3.05, 3.63) is 66.0 Å². The lowest BCUT2D eigenvalue weighted by Gasteiger charge is -2.46. The lowest BCUT2D eigenvalue weighted by atomic mass is 9.70. The Bertz CT molecular complexity index is 1320. The van der Waals surface area contributed by atoms with Crippen molar-refractivity contribution in [2.45, 2.75) is 114 Å². The van der Waals surface area contributed by atoms with Crippen LogP contribution in [-0.2, 0) is 5.41 Å². The molecule has 7 rings (SSSR count). The molecule has 4 aliphatic rings. The minimum Gasteiger partial charge on any atom is -0.335 e. The Balaban J connectivity index is 1.03. The molecule has 1 saturated carbocycles. The smallest absolute Gasteiger partial charge is 0.317 e. The molecule has 3 atom stereocenters. The maximum Gasteiger partial charge on any atom is 0.317 e. The molecule has 41 heavy (non-hydrogen) atoms. The van der Waals surface area contributed by atoms with Gasteiger partial charge < -0.3 is 14.8 Å². The highest BCUT2D eigenvalue weighted by molar-refractivity contribution is 5.76. The summed E-state index contributed by atoms with van der Waals surface area (Å²) in [7, 11) is 0. The SMILES string of the molecule is Cc1nc2ccccc2n1C1C[C@H]2CC[C@@H](C1)N2CCC1(c2ccccc2)CCN(C(=O)NC2CCCCC2)CC1. The number of nitrogens with one attached hydrogen (secondary N) is 1. The summed E-state index contributed by atoms with van der Waals surface area (Å²) in [5, 5.41) is 3.36. The quantitative estimate of drug-likeness (QED) is 0.358. The van der Waals surface area contributed by atoms with E-state index in [1.165, 1.54) is 62.4 Å². The summed E-state index contributed by atoms with van der Waals surface area (Å²) < 4.78 is 2.54. The zero-order valence-corrected chi connectivity index (χ0v) is 24.8. The average molecular weight is 554 g/mol. The van der Waals surface area contributed by atoms with E-state index in [-0.39, 0.29) is 11.4 Å². The first-order chi connectivity index (χ1) is 20.1. The van der Waals surface area contributed by atoms with Gasteiger partial charge in [-0.2, -0.15) is 0 Å². The Morgan fingerprint density at radius 2 is 1.56 bits per heavy atom. The Kier molecular flexibility index (Phi) is 7.53. The van der Waals surface area contributed by atoms with E-state index in [0.717, 1.165) is 56.7 Å². The molecule has 6 nitrogen and oxygen atoms in total. The minimum atomic E-state index is 0.149. The molecule has 3 aliphatic heterocycles. The maximum absolute atomic E-state index is 13.1. The summed E-state index contributed by atoms with van der Waals surface area (Å²) in [4.78, 5) is 23.0. The number of aryl methyl sites for hydroxylation is 1. The van der Waals surface area contributed by atoms with Crippen molar-refractivity contribution < 1.29 is 4.79 Å². The standard InChI is InChI=1S/C35H47N5O/c1-26-36-32-14-8-9-15-33(32)40(26)31-24-29-16-17-30(25-31)39(29)23-20-35(27-10-4-2-5-11-27)18-21-38(22-19-35)34(41)37-28-12-6-3-7-13-28/h2,4-5,8-11,14-15,28-31H,3,6-7,12-13,16-25H2,1H3,(H,37,41)/t29-,30+,31?. The van der Waals surface area contributed by atoms with Crippen LogP contribution in [0.1, 0.15) is 94.5 Å². The number of urea groups is 1. The van der Waals surface area contributed by atoms with Crippen LogP contribution in [-0.4, -0.2) is 63.1 Å². The van der Waals surface area contributed by atoms with Crippen LogP contribution in [0.2, 0.25) is 0 Å². The van der Waals surface area contributed by atoms with E-state index in [9.17, 15) is 4.79 Å². The molecule has 3 saturated heterocycles. The monoisotopic (exact) mass is 553 g/mol. The molecule has 1 unspecified atom stereocenters. The number of carbonyl (C=O) groups excluding carboxylic acids is 1. The van der Waals surface area contributed by atoms with E-state index < -0.39 is 0 Å². The highest BCUT2D eigenvalue weighted by atomic mass is 16.2. The summed E-state index contributed by atoms with van der Waals surface area (Å²) in [5.41, 5.74) is 4.04. The van der Waals surface area contributed by atoms with Gasteiger partial charge >= 0.3 is 6.03 Å². The number of carbonyl (C=O) groups is 1. The Hall–Kier alpha value is -2.86. The van der Waals surface area contributed by atoms with Gasteiger partial charge in [0.15, 0.2) is 0 Å². The molecule has 1 aliphatic carbocycles. The zero-order valence-electron chi connectivity index (χ0n) is 24.8. The van der Waals surface area contributed by atoms with Crippen LogP contribution in [0.15, 0.2) is 54.6 Å². The van der Waals surface area contributed by atoms with Crippen LogP contribution in [0.4, 0.5) is 4.79 Å². The van der Waals surface area contributed by atoms with Gasteiger partial charge in [-0.25, -0.2) is 9.78 Å². The largest absolute Gasteiger partial charge is 0.335 e. The molecule has 3 aromatic rings. The maximum atomic E-state index is 13.1. The molecule has 2 amide bonds. The van der Waals surface area contributed by atoms with Gasteiger partial charge in [-0.05, 0) is 94.4 Å². The van der Waals surface area contributed by atoms with Gasteiger partial charge in [0.1, 0.15) is 5.82 Å². The molecule has 1 N–H and O–H groups in total. The highest BCUT2D eigenvalue weighted by Crippen LogP contribution is 2.45. The van der Waals surface area contributed by atoms with Crippen molar-refractivity contribution in [2.75, 3.05) is 19.6 Å². The number of piperidine rings is 2. The number of hydrogen-bond acceptors (Lipinski definition) is 3. The lowest BCUT2D eigenvalue weighted by Crippen LogP contribution is -2.52. The molecule has 2 bridgehead atoms. The van der Waals surface area contributed by atoms with E-state index >= 15 is 0 Å². The fourth-order valence-electron chi connectivity index (χ4n) is 8.92. The van der Waals surface area contributed by atoms with E-state index in [2.05, 4.69) is 81.2 Å². The van der Waals surface area contributed by atoms with Crippen molar-refractivity contribution in [1.82, 2.24) is 24.7 Å². The number of aromatic nitrogens is 2. The summed E-state index contributed by atoms with van der Waals surface area (Å²) in [6.45, 7) is 5.05. The van der Waals surface area contributed by atoms with Gasteiger partial charge in [0.05, 0.1) is 11.0 Å². The molecule has 4 fully saturated rings. The Labute approximate surface area is 245 Å². The van der Waals surface area contributed by atoms with Crippen LogP contribution in [0.3, 0.4) is 0 Å². The molecular formula is C35H47N5O. The number of benzene rings is 2. The number of imidazole rings is 1. The lowest BCUT2D eigenvalue weighted by molar-refractivity contribution is 0.0855.